The van der Waals surface area contributed by atoms with E-state index in [1.807, 2.05) is 44.2 Å². The molecule has 25 heavy (non-hydrogen) atoms. The van der Waals surface area contributed by atoms with E-state index in [-0.39, 0.29) is 12.5 Å². The molecule has 0 bridgehead atoms. The molecule has 138 valence electrons. The Morgan fingerprint density at radius 1 is 1.04 bits per heavy atom. The molecule has 0 aromatic heterocycles. The summed E-state index contributed by atoms with van der Waals surface area (Å²) in [5, 5.41) is 5.09. The van der Waals surface area contributed by atoms with Crippen molar-refractivity contribution < 1.29 is 23.9 Å². The van der Waals surface area contributed by atoms with E-state index in [2.05, 4.69) is 15.4 Å². The van der Waals surface area contributed by atoms with Gasteiger partial charge in [-0.15, -0.1) is 0 Å². The number of benzene rings is 1. The van der Waals surface area contributed by atoms with Crippen molar-refractivity contribution in [2.75, 3.05) is 7.11 Å². The van der Waals surface area contributed by atoms with Gasteiger partial charge in [-0.3, -0.25) is 4.79 Å². The SMILES string of the molecule is COC(=O)[C@@H](C)NC(=O)C(CC(C)C)NC(=O)OCc1ccccc1. The molecule has 0 aliphatic carbocycles. The van der Waals surface area contributed by atoms with Gasteiger partial charge in [-0.2, -0.15) is 0 Å². The Kier molecular flexibility index (Phi) is 8.46. The molecule has 0 fully saturated rings. The molecule has 0 aliphatic heterocycles. The molecule has 0 spiro atoms. The lowest BCUT2D eigenvalue weighted by Crippen LogP contribution is -2.51. The Bertz CT molecular complexity index is 574. The zero-order valence-corrected chi connectivity index (χ0v) is 15.1. The molecule has 7 heteroatoms. The van der Waals surface area contributed by atoms with Crippen LogP contribution in [-0.2, 0) is 25.7 Å². The minimum Gasteiger partial charge on any atom is -0.467 e. The highest BCUT2D eigenvalue weighted by Crippen LogP contribution is 2.07. The second-order valence-electron chi connectivity index (χ2n) is 6.14. The monoisotopic (exact) mass is 350 g/mol. The largest absolute Gasteiger partial charge is 0.467 e. The average molecular weight is 350 g/mol. The number of ether oxygens (including phenoxy) is 2. The normalized spacial score (nSPS) is 12.8. The highest BCUT2D eigenvalue weighted by atomic mass is 16.5. The van der Waals surface area contributed by atoms with Gasteiger partial charge in [-0.05, 0) is 24.8 Å². The van der Waals surface area contributed by atoms with E-state index in [9.17, 15) is 14.4 Å². The standard InChI is InChI=1S/C18H26N2O5/c1-12(2)10-15(16(21)19-13(3)17(22)24-4)20-18(23)25-11-14-8-6-5-7-9-14/h5-9,12-13,15H,10-11H2,1-4H3,(H,19,21)(H,20,23)/t13-,15?/m1/s1. The summed E-state index contributed by atoms with van der Waals surface area (Å²) < 4.78 is 9.72. The van der Waals surface area contributed by atoms with Crippen LogP contribution in [0.1, 0.15) is 32.8 Å². The Morgan fingerprint density at radius 2 is 1.68 bits per heavy atom. The van der Waals surface area contributed by atoms with E-state index >= 15 is 0 Å². The minimum atomic E-state index is -0.797. The molecule has 0 aliphatic rings. The molecule has 0 saturated heterocycles. The van der Waals surface area contributed by atoms with E-state index in [0.29, 0.717) is 6.42 Å². The van der Waals surface area contributed by atoms with Crippen LogP contribution in [0.2, 0.25) is 0 Å². The molecule has 1 aromatic rings. The van der Waals surface area contributed by atoms with Crippen LogP contribution in [-0.4, -0.2) is 37.2 Å². The first-order valence-corrected chi connectivity index (χ1v) is 8.19. The van der Waals surface area contributed by atoms with Crippen LogP contribution >= 0.6 is 0 Å². The first-order chi connectivity index (χ1) is 11.8. The number of hydrogen-bond donors (Lipinski definition) is 2. The molecule has 2 N–H and O–H groups in total. The van der Waals surface area contributed by atoms with Crippen LogP contribution in [0.5, 0.6) is 0 Å². The minimum absolute atomic E-state index is 0.112. The van der Waals surface area contributed by atoms with Gasteiger partial charge in [0.15, 0.2) is 0 Å². The number of esters is 1. The van der Waals surface area contributed by atoms with Crippen molar-refractivity contribution in [2.45, 2.75) is 45.9 Å². The molecule has 7 nitrogen and oxygen atoms in total. The van der Waals surface area contributed by atoms with Crippen molar-refractivity contribution in [2.24, 2.45) is 5.92 Å². The Morgan fingerprint density at radius 3 is 2.24 bits per heavy atom. The molecule has 0 radical (unpaired) electrons. The predicted molar refractivity (Wildman–Crippen MR) is 92.6 cm³/mol. The fraction of sp³-hybridized carbons (Fsp3) is 0.500. The maximum Gasteiger partial charge on any atom is 0.408 e. The summed E-state index contributed by atoms with van der Waals surface area (Å²) in [6.07, 6.45) is -0.268. The molecule has 2 atom stereocenters. The lowest BCUT2D eigenvalue weighted by atomic mass is 10.0. The quantitative estimate of drug-likeness (QED) is 0.700. The van der Waals surface area contributed by atoms with Gasteiger partial charge in [0.05, 0.1) is 7.11 Å². The molecule has 2 amide bonds. The molecule has 0 heterocycles. The van der Waals surface area contributed by atoms with Crippen molar-refractivity contribution in [1.82, 2.24) is 10.6 Å². The van der Waals surface area contributed by atoms with Gasteiger partial charge in [-0.25, -0.2) is 9.59 Å². The summed E-state index contributed by atoms with van der Waals surface area (Å²) in [6.45, 7) is 5.49. The van der Waals surface area contributed by atoms with Gasteiger partial charge in [-0.1, -0.05) is 44.2 Å². The van der Waals surface area contributed by atoms with Crippen LogP contribution < -0.4 is 10.6 Å². The molecule has 1 aromatic carbocycles. The van der Waals surface area contributed by atoms with Gasteiger partial charge < -0.3 is 20.1 Å². The van der Waals surface area contributed by atoms with Crippen LogP contribution in [0.3, 0.4) is 0 Å². The number of carbonyl (C=O) groups excluding carboxylic acids is 3. The van der Waals surface area contributed by atoms with Gasteiger partial charge in [0.2, 0.25) is 5.91 Å². The third kappa shape index (κ3) is 7.69. The summed E-state index contributed by atoms with van der Waals surface area (Å²) in [5.41, 5.74) is 0.849. The number of rotatable bonds is 8. The Labute approximate surface area is 148 Å². The number of alkyl carbamates (subject to hydrolysis) is 1. The summed E-state index contributed by atoms with van der Waals surface area (Å²) >= 11 is 0. The Balaban J connectivity index is 2.60. The summed E-state index contributed by atoms with van der Waals surface area (Å²) in [7, 11) is 1.25. The van der Waals surface area contributed by atoms with Crippen molar-refractivity contribution in [3.8, 4) is 0 Å². The molecule has 1 unspecified atom stereocenters. The zero-order chi connectivity index (χ0) is 18.8. The predicted octanol–water partition coefficient (Wildman–Crippen LogP) is 2.01. The summed E-state index contributed by atoms with van der Waals surface area (Å²) in [6, 6.07) is 7.65. The topological polar surface area (TPSA) is 93.7 Å². The van der Waals surface area contributed by atoms with E-state index in [0.717, 1.165) is 5.56 Å². The number of carbonyl (C=O) groups is 3. The molecular formula is C18H26N2O5. The fourth-order valence-corrected chi connectivity index (χ4v) is 2.16. The summed E-state index contributed by atoms with van der Waals surface area (Å²) in [4.78, 5) is 35.7. The van der Waals surface area contributed by atoms with Gasteiger partial charge in [0.25, 0.3) is 0 Å². The van der Waals surface area contributed by atoms with Crippen LogP contribution in [0.15, 0.2) is 30.3 Å². The number of nitrogens with one attached hydrogen (secondary N) is 2. The van der Waals surface area contributed by atoms with Crippen LogP contribution in [0.25, 0.3) is 0 Å². The first kappa shape index (κ1) is 20.5. The first-order valence-electron chi connectivity index (χ1n) is 8.19. The molecule has 0 saturated carbocycles. The second-order valence-corrected chi connectivity index (χ2v) is 6.14. The maximum atomic E-state index is 12.3. The smallest absolute Gasteiger partial charge is 0.408 e. The zero-order valence-electron chi connectivity index (χ0n) is 15.1. The number of methoxy groups -OCH3 is 1. The third-order valence-electron chi connectivity index (χ3n) is 3.44. The Hall–Kier alpha value is -2.57. The molecule has 1 rings (SSSR count). The van der Waals surface area contributed by atoms with Crippen molar-refractivity contribution >= 4 is 18.0 Å². The highest BCUT2D eigenvalue weighted by Gasteiger charge is 2.25. The van der Waals surface area contributed by atoms with E-state index in [1.54, 1.807) is 0 Å². The van der Waals surface area contributed by atoms with Crippen LogP contribution in [0.4, 0.5) is 4.79 Å². The highest BCUT2D eigenvalue weighted by molar-refractivity contribution is 5.89. The van der Waals surface area contributed by atoms with Crippen molar-refractivity contribution in [3.63, 3.8) is 0 Å². The third-order valence-corrected chi connectivity index (χ3v) is 3.44. The van der Waals surface area contributed by atoms with E-state index < -0.39 is 30.1 Å². The van der Waals surface area contributed by atoms with E-state index in [1.165, 1.54) is 14.0 Å². The van der Waals surface area contributed by atoms with Gasteiger partial charge in [0, 0.05) is 0 Å². The number of hydrogen-bond acceptors (Lipinski definition) is 5. The summed E-state index contributed by atoms with van der Waals surface area (Å²) in [5.74, 6) is -0.842. The van der Waals surface area contributed by atoms with E-state index in [4.69, 9.17) is 4.74 Å². The maximum absolute atomic E-state index is 12.3. The molecular weight excluding hydrogens is 324 g/mol. The number of amides is 2. The van der Waals surface area contributed by atoms with Gasteiger partial charge in [0.1, 0.15) is 18.7 Å². The second kappa shape index (κ2) is 10.3. The van der Waals surface area contributed by atoms with Crippen molar-refractivity contribution in [1.29, 1.82) is 0 Å². The van der Waals surface area contributed by atoms with Crippen molar-refractivity contribution in [3.05, 3.63) is 35.9 Å². The average Bonchev–Trinajstić information content (AvgIpc) is 2.59. The van der Waals surface area contributed by atoms with Crippen LogP contribution in [0, 0.1) is 5.92 Å². The fourth-order valence-electron chi connectivity index (χ4n) is 2.16. The lowest BCUT2D eigenvalue weighted by Gasteiger charge is -2.21. The lowest BCUT2D eigenvalue weighted by molar-refractivity contribution is -0.144. The van der Waals surface area contributed by atoms with Gasteiger partial charge >= 0.3 is 12.1 Å².